The van der Waals surface area contributed by atoms with Gasteiger partial charge < -0.3 is 9.88 Å². The zero-order valence-corrected chi connectivity index (χ0v) is 14.3. The van der Waals surface area contributed by atoms with Crippen LogP contribution in [0.4, 0.5) is 0 Å². The van der Waals surface area contributed by atoms with Crippen LogP contribution in [0.2, 0.25) is 5.02 Å². The summed E-state index contributed by atoms with van der Waals surface area (Å²) in [7, 11) is -3.43. The first-order valence-corrected chi connectivity index (χ1v) is 9.06. The fraction of sp³-hybridized carbons (Fsp3) is 0.615. The molecule has 2 rings (SSSR count). The summed E-state index contributed by atoms with van der Waals surface area (Å²) in [6, 6.07) is 1.57. The molecule has 0 aliphatic carbocycles. The molecule has 1 saturated heterocycles. The third-order valence-electron chi connectivity index (χ3n) is 3.76. The number of carbonyl (C=O) groups is 1. The van der Waals surface area contributed by atoms with Crippen LogP contribution in [0.25, 0.3) is 0 Å². The SMILES string of the molecule is CCN(CC)S(=O)(=O)N1CCN(C(=O)c2cc(Cl)c[nH]2)CC1. The maximum absolute atomic E-state index is 12.4. The van der Waals surface area contributed by atoms with Crippen molar-refractivity contribution in [3.63, 3.8) is 0 Å². The van der Waals surface area contributed by atoms with Crippen molar-refractivity contribution in [2.24, 2.45) is 0 Å². The lowest BCUT2D eigenvalue weighted by molar-refractivity contribution is 0.0689. The van der Waals surface area contributed by atoms with Crippen LogP contribution in [0.5, 0.6) is 0 Å². The van der Waals surface area contributed by atoms with E-state index in [1.54, 1.807) is 17.2 Å². The summed E-state index contributed by atoms with van der Waals surface area (Å²) >= 11 is 5.80. The molecule has 1 fully saturated rings. The van der Waals surface area contributed by atoms with E-state index in [1.165, 1.54) is 8.61 Å². The molecule has 9 heteroatoms. The van der Waals surface area contributed by atoms with Crippen LogP contribution in [-0.4, -0.2) is 72.1 Å². The van der Waals surface area contributed by atoms with Gasteiger partial charge in [-0.15, -0.1) is 0 Å². The highest BCUT2D eigenvalue weighted by atomic mass is 35.5. The normalized spacial score (nSPS) is 17.2. The highest BCUT2D eigenvalue weighted by molar-refractivity contribution is 7.86. The summed E-state index contributed by atoms with van der Waals surface area (Å²) < 4.78 is 27.7. The Morgan fingerprint density at radius 2 is 1.86 bits per heavy atom. The first kappa shape index (κ1) is 17.3. The highest BCUT2D eigenvalue weighted by Crippen LogP contribution is 2.15. The Bertz CT molecular complexity index is 619. The van der Waals surface area contributed by atoms with Gasteiger partial charge in [-0.2, -0.15) is 17.0 Å². The average Bonchev–Trinajstić information content (AvgIpc) is 2.94. The van der Waals surface area contributed by atoms with Crippen LogP contribution in [0, 0.1) is 0 Å². The third-order valence-corrected chi connectivity index (χ3v) is 6.17. The smallest absolute Gasteiger partial charge is 0.282 e. The van der Waals surface area contributed by atoms with E-state index in [0.717, 1.165) is 0 Å². The number of aromatic amines is 1. The molecule has 0 bridgehead atoms. The van der Waals surface area contributed by atoms with Crippen LogP contribution in [0.1, 0.15) is 24.3 Å². The van der Waals surface area contributed by atoms with Gasteiger partial charge in [-0.05, 0) is 6.07 Å². The maximum Gasteiger partial charge on any atom is 0.282 e. The monoisotopic (exact) mass is 348 g/mol. The first-order valence-electron chi connectivity index (χ1n) is 7.28. The number of rotatable bonds is 5. The molecule has 1 N–H and O–H groups in total. The fourth-order valence-electron chi connectivity index (χ4n) is 2.50. The van der Waals surface area contributed by atoms with Crippen LogP contribution in [0.3, 0.4) is 0 Å². The Hall–Kier alpha value is -1.09. The molecule has 7 nitrogen and oxygen atoms in total. The lowest BCUT2D eigenvalue weighted by Crippen LogP contribution is -2.54. The lowest BCUT2D eigenvalue weighted by Gasteiger charge is -2.36. The van der Waals surface area contributed by atoms with Crippen molar-refractivity contribution in [3.8, 4) is 0 Å². The molecule has 0 spiro atoms. The van der Waals surface area contributed by atoms with E-state index in [0.29, 0.717) is 50.0 Å². The first-order chi connectivity index (χ1) is 10.4. The number of nitrogens with zero attached hydrogens (tertiary/aromatic N) is 3. The Balaban J connectivity index is 2.00. The van der Waals surface area contributed by atoms with E-state index >= 15 is 0 Å². The Kier molecular flexibility index (Phi) is 5.49. The second-order valence-electron chi connectivity index (χ2n) is 5.01. The predicted molar refractivity (Wildman–Crippen MR) is 85.1 cm³/mol. The van der Waals surface area contributed by atoms with Gasteiger partial charge >= 0.3 is 0 Å². The molecular weight excluding hydrogens is 328 g/mol. The molecule has 0 aromatic carbocycles. The van der Waals surface area contributed by atoms with Crippen LogP contribution >= 0.6 is 11.6 Å². The molecule has 0 saturated carbocycles. The molecule has 1 aromatic rings. The molecule has 124 valence electrons. The van der Waals surface area contributed by atoms with Gasteiger partial charge in [-0.3, -0.25) is 4.79 Å². The molecule has 0 radical (unpaired) electrons. The quantitative estimate of drug-likeness (QED) is 0.862. The Labute approximate surface area is 136 Å². The zero-order valence-electron chi connectivity index (χ0n) is 12.7. The minimum absolute atomic E-state index is 0.160. The van der Waals surface area contributed by atoms with Crippen LogP contribution < -0.4 is 0 Å². The Morgan fingerprint density at radius 3 is 2.32 bits per heavy atom. The third kappa shape index (κ3) is 3.45. The molecule has 1 amide bonds. The van der Waals surface area contributed by atoms with E-state index in [-0.39, 0.29) is 5.91 Å². The number of hydrogen-bond acceptors (Lipinski definition) is 3. The van der Waals surface area contributed by atoms with Crippen molar-refractivity contribution in [1.82, 2.24) is 18.5 Å². The number of carbonyl (C=O) groups excluding carboxylic acids is 1. The number of nitrogens with one attached hydrogen (secondary N) is 1. The van der Waals surface area contributed by atoms with Gasteiger partial charge in [0.2, 0.25) is 0 Å². The molecule has 1 aliphatic heterocycles. The average molecular weight is 349 g/mol. The van der Waals surface area contributed by atoms with Crippen molar-refractivity contribution in [1.29, 1.82) is 0 Å². The second kappa shape index (κ2) is 6.99. The van der Waals surface area contributed by atoms with E-state index < -0.39 is 10.2 Å². The number of hydrogen-bond donors (Lipinski definition) is 1. The van der Waals surface area contributed by atoms with Gasteiger partial charge in [-0.1, -0.05) is 25.4 Å². The van der Waals surface area contributed by atoms with E-state index in [4.69, 9.17) is 11.6 Å². The molecule has 0 atom stereocenters. The number of amides is 1. The Morgan fingerprint density at radius 1 is 1.27 bits per heavy atom. The van der Waals surface area contributed by atoms with Gasteiger partial charge in [0.15, 0.2) is 0 Å². The summed E-state index contributed by atoms with van der Waals surface area (Å²) in [5.41, 5.74) is 0.421. The van der Waals surface area contributed by atoms with Crippen molar-refractivity contribution < 1.29 is 13.2 Å². The van der Waals surface area contributed by atoms with E-state index in [1.807, 2.05) is 13.8 Å². The number of halogens is 1. The molecule has 0 unspecified atom stereocenters. The largest absolute Gasteiger partial charge is 0.356 e. The predicted octanol–water partition coefficient (Wildman–Crippen LogP) is 1.01. The lowest BCUT2D eigenvalue weighted by atomic mass is 10.3. The van der Waals surface area contributed by atoms with Gasteiger partial charge in [0, 0.05) is 45.5 Å². The van der Waals surface area contributed by atoms with Crippen LogP contribution in [0.15, 0.2) is 12.3 Å². The zero-order chi connectivity index (χ0) is 16.3. The second-order valence-corrected chi connectivity index (χ2v) is 7.38. The summed E-state index contributed by atoms with van der Waals surface area (Å²) in [4.78, 5) is 16.7. The molecule has 1 aliphatic rings. The van der Waals surface area contributed by atoms with Crippen molar-refractivity contribution in [2.75, 3.05) is 39.3 Å². The molecular formula is C13H21ClN4O3S. The minimum Gasteiger partial charge on any atom is -0.356 e. The van der Waals surface area contributed by atoms with Gasteiger partial charge in [0.05, 0.1) is 5.02 Å². The van der Waals surface area contributed by atoms with Crippen molar-refractivity contribution >= 4 is 27.7 Å². The number of aromatic nitrogens is 1. The summed E-state index contributed by atoms with van der Waals surface area (Å²) in [5.74, 6) is -0.160. The number of piperazine rings is 1. The fourth-order valence-corrected chi connectivity index (χ4v) is 4.26. The van der Waals surface area contributed by atoms with Crippen molar-refractivity contribution in [3.05, 3.63) is 23.0 Å². The van der Waals surface area contributed by atoms with Crippen LogP contribution in [-0.2, 0) is 10.2 Å². The highest BCUT2D eigenvalue weighted by Gasteiger charge is 2.32. The maximum atomic E-state index is 12.4. The minimum atomic E-state index is -3.43. The molecule has 22 heavy (non-hydrogen) atoms. The van der Waals surface area contributed by atoms with E-state index in [9.17, 15) is 13.2 Å². The van der Waals surface area contributed by atoms with E-state index in [2.05, 4.69) is 4.98 Å². The summed E-state index contributed by atoms with van der Waals surface area (Å²) in [6.07, 6.45) is 1.55. The standard InChI is InChI=1S/C13H21ClN4O3S/c1-3-17(4-2)22(20,21)18-7-5-16(6-8-18)13(19)12-9-11(14)10-15-12/h9-10,15H,3-8H2,1-2H3. The van der Waals surface area contributed by atoms with Gasteiger partial charge in [0.25, 0.3) is 16.1 Å². The van der Waals surface area contributed by atoms with Gasteiger partial charge in [0.1, 0.15) is 5.69 Å². The topological polar surface area (TPSA) is 76.7 Å². The molecule has 2 heterocycles. The summed E-state index contributed by atoms with van der Waals surface area (Å²) in [5, 5.41) is 0.478. The van der Waals surface area contributed by atoms with Crippen molar-refractivity contribution in [2.45, 2.75) is 13.8 Å². The number of H-pyrrole nitrogens is 1. The van der Waals surface area contributed by atoms with Gasteiger partial charge in [-0.25, -0.2) is 0 Å². The summed E-state index contributed by atoms with van der Waals surface area (Å²) in [6.45, 7) is 5.87. The molecule has 1 aromatic heterocycles.